The molecule has 2 aromatic carbocycles. The molecule has 0 bridgehead atoms. The van der Waals surface area contributed by atoms with E-state index in [0.29, 0.717) is 11.4 Å². The molecule has 30 heavy (non-hydrogen) atoms. The molecule has 0 aliphatic rings. The first-order chi connectivity index (χ1) is 14.4. The number of benzene rings is 2. The van der Waals surface area contributed by atoms with E-state index >= 15 is 0 Å². The lowest BCUT2D eigenvalue weighted by Crippen LogP contribution is -2.25. The topological polar surface area (TPSA) is 76.5 Å². The predicted molar refractivity (Wildman–Crippen MR) is 120 cm³/mol. The predicted octanol–water partition coefficient (Wildman–Crippen LogP) is 4.42. The average molecular weight is 425 g/mol. The highest BCUT2D eigenvalue weighted by Gasteiger charge is 2.13. The number of imidazole rings is 1. The lowest BCUT2D eigenvalue weighted by molar-refractivity contribution is -0.113. The van der Waals surface area contributed by atoms with Crippen molar-refractivity contribution in [2.75, 3.05) is 30.1 Å². The van der Waals surface area contributed by atoms with Gasteiger partial charge < -0.3 is 10.1 Å². The molecular formula is C22H24N4O3S. The van der Waals surface area contributed by atoms with Gasteiger partial charge in [0.15, 0.2) is 5.16 Å². The Morgan fingerprint density at radius 1 is 1.17 bits per heavy atom. The maximum atomic E-state index is 12.4. The van der Waals surface area contributed by atoms with Gasteiger partial charge in [-0.05, 0) is 55.3 Å². The molecule has 0 spiro atoms. The van der Waals surface area contributed by atoms with Crippen LogP contribution in [0.25, 0.3) is 5.69 Å². The Kier molecular flexibility index (Phi) is 6.79. The zero-order chi connectivity index (χ0) is 21.7. The van der Waals surface area contributed by atoms with Gasteiger partial charge in [0, 0.05) is 30.8 Å². The maximum Gasteiger partial charge on any atom is 0.413 e. The lowest BCUT2D eigenvalue weighted by atomic mass is 10.1. The minimum Gasteiger partial charge on any atom is -0.452 e. The standard InChI is InChI=1S/C22H24N4O3S/c1-15-6-5-7-19(16(15)2)26-13-12-23-21(26)30-14-20(27)24-17-8-10-18(11-9-17)25(3)22(28)29-4/h5-13H,14H2,1-4H3,(H,24,27). The van der Waals surface area contributed by atoms with Crippen molar-refractivity contribution < 1.29 is 14.3 Å². The highest BCUT2D eigenvalue weighted by molar-refractivity contribution is 7.99. The van der Waals surface area contributed by atoms with Crippen molar-refractivity contribution >= 4 is 35.1 Å². The van der Waals surface area contributed by atoms with Gasteiger partial charge in [0.1, 0.15) is 0 Å². The van der Waals surface area contributed by atoms with E-state index in [4.69, 9.17) is 4.74 Å². The number of hydrogen-bond acceptors (Lipinski definition) is 5. The first-order valence-electron chi connectivity index (χ1n) is 9.35. The lowest BCUT2D eigenvalue weighted by Gasteiger charge is -2.16. The minimum atomic E-state index is -0.456. The Bertz CT molecular complexity index is 1050. The molecule has 1 aromatic heterocycles. The van der Waals surface area contributed by atoms with E-state index in [-0.39, 0.29) is 11.7 Å². The van der Waals surface area contributed by atoms with Crippen LogP contribution in [0.3, 0.4) is 0 Å². The van der Waals surface area contributed by atoms with Gasteiger partial charge in [0.2, 0.25) is 5.91 Å². The van der Waals surface area contributed by atoms with Crippen LogP contribution in [0.1, 0.15) is 11.1 Å². The normalized spacial score (nSPS) is 10.5. The number of aromatic nitrogens is 2. The molecule has 1 heterocycles. The molecule has 156 valence electrons. The van der Waals surface area contributed by atoms with Crippen LogP contribution in [0, 0.1) is 13.8 Å². The van der Waals surface area contributed by atoms with Crippen LogP contribution in [-0.4, -0.2) is 41.5 Å². The summed E-state index contributed by atoms with van der Waals surface area (Å²) in [7, 11) is 2.95. The number of amides is 2. The smallest absolute Gasteiger partial charge is 0.413 e. The monoisotopic (exact) mass is 424 g/mol. The number of hydrogen-bond donors (Lipinski definition) is 1. The number of carbonyl (C=O) groups excluding carboxylic acids is 2. The molecule has 8 heteroatoms. The van der Waals surface area contributed by atoms with E-state index in [9.17, 15) is 9.59 Å². The van der Waals surface area contributed by atoms with Gasteiger partial charge in [-0.1, -0.05) is 23.9 Å². The fourth-order valence-electron chi connectivity index (χ4n) is 2.91. The number of nitrogens with one attached hydrogen (secondary N) is 1. The molecule has 0 unspecified atom stereocenters. The van der Waals surface area contributed by atoms with Crippen molar-refractivity contribution in [2.24, 2.45) is 0 Å². The summed E-state index contributed by atoms with van der Waals surface area (Å²) < 4.78 is 6.69. The van der Waals surface area contributed by atoms with E-state index in [2.05, 4.69) is 30.2 Å². The van der Waals surface area contributed by atoms with Gasteiger partial charge >= 0.3 is 6.09 Å². The van der Waals surface area contributed by atoms with Gasteiger partial charge in [-0.25, -0.2) is 9.78 Å². The van der Waals surface area contributed by atoms with Gasteiger partial charge in [0.05, 0.1) is 18.6 Å². The van der Waals surface area contributed by atoms with Gasteiger partial charge in [-0.2, -0.15) is 0 Å². The van der Waals surface area contributed by atoms with Crippen molar-refractivity contribution in [2.45, 2.75) is 19.0 Å². The second-order valence-corrected chi connectivity index (χ2v) is 7.65. The van der Waals surface area contributed by atoms with E-state index in [1.54, 1.807) is 37.5 Å². The Morgan fingerprint density at radius 2 is 1.90 bits per heavy atom. The number of ether oxygens (including phenoxy) is 1. The second kappa shape index (κ2) is 9.49. The van der Waals surface area contributed by atoms with Crippen molar-refractivity contribution in [3.63, 3.8) is 0 Å². The van der Waals surface area contributed by atoms with Crippen LogP contribution in [0.5, 0.6) is 0 Å². The maximum absolute atomic E-state index is 12.4. The molecule has 0 aliphatic carbocycles. The largest absolute Gasteiger partial charge is 0.452 e. The van der Waals surface area contributed by atoms with Gasteiger partial charge in [0.25, 0.3) is 0 Å². The van der Waals surface area contributed by atoms with E-state index in [1.165, 1.54) is 34.9 Å². The zero-order valence-electron chi connectivity index (χ0n) is 17.4. The molecule has 1 N–H and O–H groups in total. The van der Waals surface area contributed by atoms with Crippen LogP contribution in [-0.2, 0) is 9.53 Å². The number of rotatable bonds is 6. The summed E-state index contributed by atoms with van der Waals surface area (Å²) in [5, 5.41) is 3.62. The summed E-state index contributed by atoms with van der Waals surface area (Å²) in [5.41, 5.74) is 4.76. The zero-order valence-corrected chi connectivity index (χ0v) is 18.2. The molecule has 0 saturated carbocycles. The van der Waals surface area contributed by atoms with E-state index < -0.39 is 6.09 Å². The van der Waals surface area contributed by atoms with Crippen LogP contribution in [0.15, 0.2) is 60.0 Å². The Balaban J connectivity index is 1.62. The van der Waals surface area contributed by atoms with Crippen molar-refractivity contribution in [1.82, 2.24) is 9.55 Å². The number of thioether (sulfide) groups is 1. The summed E-state index contributed by atoms with van der Waals surface area (Å²) in [6.07, 6.45) is 3.18. The van der Waals surface area contributed by atoms with Crippen LogP contribution in [0.4, 0.5) is 16.2 Å². The highest BCUT2D eigenvalue weighted by Crippen LogP contribution is 2.24. The molecule has 7 nitrogen and oxygen atoms in total. The number of aryl methyl sites for hydroxylation is 1. The average Bonchev–Trinajstić information content (AvgIpc) is 3.22. The summed E-state index contributed by atoms with van der Waals surface area (Å²) in [6, 6.07) is 13.1. The van der Waals surface area contributed by atoms with E-state index in [0.717, 1.165) is 10.8 Å². The van der Waals surface area contributed by atoms with Crippen molar-refractivity contribution in [3.8, 4) is 5.69 Å². The third kappa shape index (κ3) is 4.83. The third-order valence-electron chi connectivity index (χ3n) is 4.76. The van der Waals surface area contributed by atoms with Crippen LogP contribution in [0.2, 0.25) is 0 Å². The van der Waals surface area contributed by atoms with Gasteiger partial charge in [-0.3, -0.25) is 14.3 Å². The fraction of sp³-hybridized carbons (Fsp3) is 0.227. The number of carbonyl (C=O) groups is 2. The molecule has 0 radical (unpaired) electrons. The quantitative estimate of drug-likeness (QED) is 0.593. The van der Waals surface area contributed by atoms with Crippen LogP contribution >= 0.6 is 11.8 Å². The Morgan fingerprint density at radius 3 is 2.60 bits per heavy atom. The first-order valence-corrected chi connectivity index (χ1v) is 10.3. The molecule has 0 atom stereocenters. The molecule has 3 rings (SSSR count). The molecule has 0 aliphatic heterocycles. The molecule has 2 amide bonds. The first kappa shape index (κ1) is 21.4. The number of anilines is 2. The third-order valence-corrected chi connectivity index (χ3v) is 5.73. The minimum absolute atomic E-state index is 0.135. The second-order valence-electron chi connectivity index (χ2n) is 6.71. The van der Waals surface area contributed by atoms with E-state index in [1.807, 2.05) is 22.9 Å². The van der Waals surface area contributed by atoms with Crippen LogP contribution < -0.4 is 10.2 Å². The summed E-state index contributed by atoms with van der Waals surface area (Å²) in [4.78, 5) is 29.7. The molecule has 3 aromatic rings. The molecule has 0 fully saturated rings. The van der Waals surface area contributed by atoms with Crippen molar-refractivity contribution in [1.29, 1.82) is 0 Å². The highest BCUT2D eigenvalue weighted by atomic mass is 32.2. The van der Waals surface area contributed by atoms with Crippen molar-refractivity contribution in [3.05, 3.63) is 66.0 Å². The summed E-state index contributed by atoms with van der Waals surface area (Å²) >= 11 is 1.38. The summed E-state index contributed by atoms with van der Waals surface area (Å²) in [5.74, 6) is 0.0932. The number of nitrogens with zero attached hydrogens (tertiary/aromatic N) is 3. The SMILES string of the molecule is COC(=O)N(C)c1ccc(NC(=O)CSc2nccn2-c2cccc(C)c2C)cc1. The molecular weight excluding hydrogens is 400 g/mol. The Hall–Kier alpha value is -3.26. The van der Waals surface area contributed by atoms with Gasteiger partial charge in [-0.15, -0.1) is 0 Å². The Labute approximate surface area is 180 Å². The number of methoxy groups -OCH3 is 1. The molecule has 0 saturated heterocycles. The summed E-state index contributed by atoms with van der Waals surface area (Å²) in [6.45, 7) is 4.15. The fourth-order valence-corrected chi connectivity index (χ4v) is 3.68.